The summed E-state index contributed by atoms with van der Waals surface area (Å²) in [5, 5.41) is 7.99. The van der Waals surface area contributed by atoms with Crippen molar-refractivity contribution in [2.45, 2.75) is 38.5 Å². The quantitative estimate of drug-likeness (QED) is 0.0546. The van der Waals surface area contributed by atoms with Gasteiger partial charge < -0.3 is 9.47 Å². The molecule has 4 aromatic carbocycles. The van der Waals surface area contributed by atoms with Crippen LogP contribution in [0.1, 0.15) is 70.4 Å². The number of nitrogens with one attached hydrogen (secondary N) is 2. The maximum absolute atomic E-state index is 12.4. The van der Waals surface area contributed by atoms with Gasteiger partial charge in [0.1, 0.15) is 11.5 Å². The Morgan fingerprint density at radius 3 is 1.28 bits per heavy atom. The molecule has 0 saturated carbocycles. The number of amides is 2. The summed E-state index contributed by atoms with van der Waals surface area (Å²) < 4.78 is 11.0. The standard InChI is InChI=1S/C36H34N4O6/c41-33(39-37-25-29-19-11-13-21-31(29)45-35(43)27-15-5-3-6-16-27)23-9-1-2-10-24-34(42)40-38-26-30-20-12-14-22-32(30)46-36(44)28-17-7-4-8-18-28/h3-8,11-22,25-26H,1-2,9-10,23-24H2,(H,39,41)(H,40,42)/b37-25-,38-26-. The zero-order valence-electron chi connectivity index (χ0n) is 25.1. The van der Waals surface area contributed by atoms with Gasteiger partial charge in [-0.05, 0) is 61.4 Å². The number of benzene rings is 4. The molecule has 2 amide bonds. The van der Waals surface area contributed by atoms with E-state index in [1.807, 2.05) is 12.1 Å². The minimum Gasteiger partial charge on any atom is -0.422 e. The summed E-state index contributed by atoms with van der Waals surface area (Å²) in [5.74, 6) is -0.786. The summed E-state index contributed by atoms with van der Waals surface area (Å²) >= 11 is 0. The van der Waals surface area contributed by atoms with Crippen LogP contribution in [0.3, 0.4) is 0 Å². The van der Waals surface area contributed by atoms with Gasteiger partial charge >= 0.3 is 11.9 Å². The van der Waals surface area contributed by atoms with Crippen molar-refractivity contribution in [3.8, 4) is 11.5 Å². The number of ether oxygens (including phenoxy) is 2. The zero-order chi connectivity index (χ0) is 32.4. The Morgan fingerprint density at radius 2 is 0.870 bits per heavy atom. The molecule has 10 heteroatoms. The Kier molecular flexibility index (Phi) is 12.9. The average molecular weight is 619 g/mol. The van der Waals surface area contributed by atoms with Crippen LogP contribution in [0.2, 0.25) is 0 Å². The van der Waals surface area contributed by atoms with E-state index in [1.54, 1.807) is 97.1 Å². The molecular formula is C36H34N4O6. The number of para-hydroxylation sites is 2. The lowest BCUT2D eigenvalue weighted by atomic mass is 10.1. The van der Waals surface area contributed by atoms with E-state index in [0.29, 0.717) is 46.6 Å². The van der Waals surface area contributed by atoms with E-state index < -0.39 is 11.9 Å². The van der Waals surface area contributed by atoms with Gasteiger partial charge in [-0.15, -0.1) is 0 Å². The maximum Gasteiger partial charge on any atom is 0.343 e. The van der Waals surface area contributed by atoms with E-state index in [0.717, 1.165) is 12.8 Å². The lowest BCUT2D eigenvalue weighted by Gasteiger charge is -2.07. The lowest BCUT2D eigenvalue weighted by Crippen LogP contribution is -2.17. The normalized spacial score (nSPS) is 10.9. The minimum atomic E-state index is -0.486. The highest BCUT2D eigenvalue weighted by molar-refractivity contribution is 5.94. The van der Waals surface area contributed by atoms with Gasteiger partial charge in [0.25, 0.3) is 0 Å². The molecule has 0 atom stereocenters. The van der Waals surface area contributed by atoms with Gasteiger partial charge in [-0.1, -0.05) is 73.5 Å². The summed E-state index contributed by atoms with van der Waals surface area (Å²) in [6.45, 7) is 0. The Morgan fingerprint density at radius 1 is 0.500 bits per heavy atom. The lowest BCUT2D eigenvalue weighted by molar-refractivity contribution is -0.122. The molecule has 0 aliphatic carbocycles. The predicted octanol–water partition coefficient (Wildman–Crippen LogP) is 6.07. The van der Waals surface area contributed by atoms with Crippen LogP contribution in [-0.2, 0) is 9.59 Å². The molecule has 0 heterocycles. The van der Waals surface area contributed by atoms with E-state index in [2.05, 4.69) is 21.1 Å². The Bertz CT molecular complexity index is 1550. The van der Waals surface area contributed by atoms with Gasteiger partial charge in [-0.3, -0.25) is 9.59 Å². The highest BCUT2D eigenvalue weighted by atomic mass is 16.5. The van der Waals surface area contributed by atoms with Crippen molar-refractivity contribution < 1.29 is 28.7 Å². The molecule has 0 fully saturated rings. The van der Waals surface area contributed by atoms with Crippen LogP contribution >= 0.6 is 0 Å². The highest BCUT2D eigenvalue weighted by Crippen LogP contribution is 2.19. The smallest absolute Gasteiger partial charge is 0.343 e. The van der Waals surface area contributed by atoms with Crippen LogP contribution < -0.4 is 20.3 Å². The van der Waals surface area contributed by atoms with Crippen LogP contribution in [0.25, 0.3) is 0 Å². The van der Waals surface area contributed by atoms with Crippen LogP contribution in [0, 0.1) is 0 Å². The van der Waals surface area contributed by atoms with Crippen molar-refractivity contribution >= 4 is 36.2 Å². The maximum atomic E-state index is 12.4. The average Bonchev–Trinajstić information content (AvgIpc) is 3.08. The Balaban J connectivity index is 1.10. The number of hydrazone groups is 2. The van der Waals surface area contributed by atoms with Crippen molar-refractivity contribution in [2.24, 2.45) is 10.2 Å². The Hall–Kier alpha value is -5.90. The molecule has 2 N–H and O–H groups in total. The minimum absolute atomic E-state index is 0.239. The first kappa shape index (κ1) is 33.0. The van der Waals surface area contributed by atoms with Gasteiger partial charge in [0.15, 0.2) is 0 Å². The third-order valence-electron chi connectivity index (χ3n) is 6.61. The molecule has 0 saturated heterocycles. The molecule has 0 aliphatic rings. The van der Waals surface area contributed by atoms with Crippen LogP contribution in [0.15, 0.2) is 119 Å². The second-order valence-corrected chi connectivity index (χ2v) is 10.1. The summed E-state index contributed by atoms with van der Waals surface area (Å²) in [6.07, 6.45) is 6.26. The fourth-order valence-electron chi connectivity index (χ4n) is 4.21. The summed E-state index contributed by atoms with van der Waals surface area (Å²) in [4.78, 5) is 49.1. The molecule has 0 spiro atoms. The fraction of sp³-hybridized carbons (Fsp3) is 0.167. The van der Waals surface area contributed by atoms with Crippen molar-refractivity contribution in [2.75, 3.05) is 0 Å². The van der Waals surface area contributed by atoms with Gasteiger partial charge in [-0.25, -0.2) is 20.4 Å². The van der Waals surface area contributed by atoms with Crippen molar-refractivity contribution in [1.29, 1.82) is 0 Å². The largest absolute Gasteiger partial charge is 0.422 e. The monoisotopic (exact) mass is 618 g/mol. The molecule has 0 aromatic heterocycles. The molecule has 4 aromatic rings. The first-order valence-electron chi connectivity index (χ1n) is 14.9. The topological polar surface area (TPSA) is 136 Å². The molecule has 0 bridgehead atoms. The fourth-order valence-corrected chi connectivity index (χ4v) is 4.21. The number of esters is 2. The second kappa shape index (κ2) is 18.0. The van der Waals surface area contributed by atoms with E-state index in [4.69, 9.17) is 9.47 Å². The Labute approximate surface area is 267 Å². The number of carbonyl (C=O) groups is 4. The number of hydrogen-bond donors (Lipinski definition) is 2. The molecule has 10 nitrogen and oxygen atoms in total. The van der Waals surface area contributed by atoms with Crippen molar-refractivity contribution in [1.82, 2.24) is 10.9 Å². The molecule has 4 rings (SSSR count). The summed E-state index contributed by atoms with van der Waals surface area (Å²) in [5.41, 5.74) is 6.94. The molecule has 46 heavy (non-hydrogen) atoms. The molecular weight excluding hydrogens is 584 g/mol. The number of rotatable bonds is 15. The van der Waals surface area contributed by atoms with Crippen molar-refractivity contribution in [3.05, 3.63) is 131 Å². The molecule has 0 aliphatic heterocycles. The van der Waals surface area contributed by atoms with Crippen LogP contribution in [0.4, 0.5) is 0 Å². The van der Waals surface area contributed by atoms with Gasteiger partial charge in [0.05, 0.1) is 23.6 Å². The van der Waals surface area contributed by atoms with E-state index in [9.17, 15) is 19.2 Å². The van der Waals surface area contributed by atoms with E-state index in [-0.39, 0.29) is 24.7 Å². The zero-order valence-corrected chi connectivity index (χ0v) is 25.1. The SMILES string of the molecule is O=C(CCCCCCC(=O)N/N=C\c1ccccc1OC(=O)c1ccccc1)N/N=C\c1ccccc1OC(=O)c1ccccc1. The molecule has 0 unspecified atom stereocenters. The van der Waals surface area contributed by atoms with Gasteiger partial charge in [-0.2, -0.15) is 10.2 Å². The third-order valence-corrected chi connectivity index (χ3v) is 6.61. The van der Waals surface area contributed by atoms with Crippen molar-refractivity contribution in [3.63, 3.8) is 0 Å². The summed E-state index contributed by atoms with van der Waals surface area (Å²) in [7, 11) is 0. The molecule has 0 radical (unpaired) electrons. The van der Waals surface area contributed by atoms with Gasteiger partial charge in [0.2, 0.25) is 11.8 Å². The van der Waals surface area contributed by atoms with E-state index in [1.165, 1.54) is 12.4 Å². The number of hydrogen-bond acceptors (Lipinski definition) is 8. The highest BCUT2D eigenvalue weighted by Gasteiger charge is 2.12. The van der Waals surface area contributed by atoms with Crippen LogP contribution in [-0.4, -0.2) is 36.2 Å². The first-order valence-corrected chi connectivity index (χ1v) is 14.9. The van der Waals surface area contributed by atoms with E-state index >= 15 is 0 Å². The molecule has 234 valence electrons. The number of unbranched alkanes of at least 4 members (excludes halogenated alkanes) is 3. The van der Waals surface area contributed by atoms with Gasteiger partial charge in [0, 0.05) is 24.0 Å². The number of nitrogens with zero attached hydrogens (tertiary/aromatic N) is 2. The summed E-state index contributed by atoms with van der Waals surface area (Å²) in [6, 6.07) is 31.1. The number of carbonyl (C=O) groups excluding carboxylic acids is 4. The first-order chi connectivity index (χ1) is 22.5. The second-order valence-electron chi connectivity index (χ2n) is 10.1. The third kappa shape index (κ3) is 11.0. The predicted molar refractivity (Wildman–Crippen MR) is 175 cm³/mol. The van der Waals surface area contributed by atoms with Crippen LogP contribution in [0.5, 0.6) is 11.5 Å².